The van der Waals surface area contributed by atoms with E-state index in [1.165, 1.54) is 0 Å². The minimum absolute atomic E-state index is 0.0147. The van der Waals surface area contributed by atoms with Gasteiger partial charge in [0.1, 0.15) is 0 Å². The molecule has 1 saturated heterocycles. The zero-order valence-electron chi connectivity index (χ0n) is 12.8. The molecule has 6 heteroatoms. The van der Waals surface area contributed by atoms with Gasteiger partial charge in [-0.25, -0.2) is 0 Å². The van der Waals surface area contributed by atoms with E-state index < -0.39 is 0 Å². The van der Waals surface area contributed by atoms with Crippen molar-refractivity contribution in [3.63, 3.8) is 0 Å². The summed E-state index contributed by atoms with van der Waals surface area (Å²) in [4.78, 5) is 28.2. The summed E-state index contributed by atoms with van der Waals surface area (Å²) in [7, 11) is 1.95. The number of nitrogens with one attached hydrogen (secondary N) is 1. The van der Waals surface area contributed by atoms with Gasteiger partial charge in [0.2, 0.25) is 5.91 Å². The van der Waals surface area contributed by atoms with Crippen LogP contribution in [0.25, 0.3) is 0 Å². The highest BCUT2D eigenvalue weighted by Gasteiger charge is 2.24. The number of anilines is 2. The number of piperidine rings is 1. The molecule has 2 aliphatic rings. The van der Waals surface area contributed by atoms with E-state index in [1.54, 1.807) is 11.0 Å². The Morgan fingerprint density at radius 3 is 2.95 bits per heavy atom. The lowest BCUT2D eigenvalue weighted by molar-refractivity contribution is -0.115. The molecule has 118 valence electrons. The molecule has 3 N–H and O–H groups in total. The van der Waals surface area contributed by atoms with Crippen LogP contribution in [0, 0.1) is 0 Å². The molecule has 0 saturated carbocycles. The Morgan fingerprint density at radius 1 is 1.36 bits per heavy atom. The molecule has 0 aromatic heterocycles. The fourth-order valence-corrected chi connectivity index (χ4v) is 3.08. The van der Waals surface area contributed by atoms with Gasteiger partial charge in [0, 0.05) is 44.7 Å². The fourth-order valence-electron chi connectivity index (χ4n) is 3.08. The van der Waals surface area contributed by atoms with Crippen LogP contribution in [-0.2, 0) is 4.79 Å². The summed E-state index contributed by atoms with van der Waals surface area (Å²) >= 11 is 0. The Kier molecular flexibility index (Phi) is 4.02. The van der Waals surface area contributed by atoms with Crippen molar-refractivity contribution < 1.29 is 9.59 Å². The highest BCUT2D eigenvalue weighted by atomic mass is 16.2. The minimum Gasteiger partial charge on any atom is -0.372 e. The van der Waals surface area contributed by atoms with Gasteiger partial charge in [0.15, 0.2) is 0 Å². The lowest BCUT2D eigenvalue weighted by Crippen LogP contribution is -2.45. The van der Waals surface area contributed by atoms with Crippen molar-refractivity contribution in [1.29, 1.82) is 0 Å². The van der Waals surface area contributed by atoms with Crippen molar-refractivity contribution in [2.45, 2.75) is 25.3 Å². The van der Waals surface area contributed by atoms with Crippen molar-refractivity contribution in [2.24, 2.45) is 5.73 Å². The molecule has 0 bridgehead atoms. The van der Waals surface area contributed by atoms with E-state index in [-0.39, 0.29) is 17.9 Å². The molecule has 1 atom stereocenters. The van der Waals surface area contributed by atoms with E-state index in [9.17, 15) is 9.59 Å². The normalized spacial score (nSPS) is 21.9. The zero-order valence-corrected chi connectivity index (χ0v) is 12.8. The second kappa shape index (κ2) is 5.96. The molecule has 1 aromatic rings. The number of carbonyl (C=O) groups excluding carboxylic acids is 2. The van der Waals surface area contributed by atoms with Crippen LogP contribution in [0.15, 0.2) is 18.2 Å². The van der Waals surface area contributed by atoms with E-state index in [0.717, 1.165) is 25.1 Å². The Hall–Kier alpha value is -2.08. The van der Waals surface area contributed by atoms with Crippen LogP contribution in [0.1, 0.15) is 29.6 Å². The van der Waals surface area contributed by atoms with E-state index in [4.69, 9.17) is 5.73 Å². The monoisotopic (exact) mass is 302 g/mol. The van der Waals surface area contributed by atoms with Gasteiger partial charge in [0.05, 0.1) is 11.4 Å². The quantitative estimate of drug-likeness (QED) is 0.812. The zero-order chi connectivity index (χ0) is 15.7. The molecule has 0 aliphatic carbocycles. The maximum atomic E-state index is 12.6. The standard InChI is InChI=1S/C16H22N4O2/c1-19-8-6-15(21)18-13-9-11(4-5-14(13)19)16(22)20-7-2-3-12(17)10-20/h4-5,9,12H,2-3,6-8,10,17H2,1H3,(H,18,21)/t12-/m1/s1. The van der Waals surface area contributed by atoms with Crippen LogP contribution in [0.5, 0.6) is 0 Å². The van der Waals surface area contributed by atoms with Crippen LogP contribution in [-0.4, -0.2) is 49.4 Å². The van der Waals surface area contributed by atoms with Crippen molar-refractivity contribution in [2.75, 3.05) is 36.9 Å². The molecule has 0 radical (unpaired) electrons. The second-order valence-corrected chi connectivity index (χ2v) is 6.11. The van der Waals surface area contributed by atoms with Crippen molar-refractivity contribution in [3.05, 3.63) is 23.8 Å². The first kappa shape index (κ1) is 14.8. The van der Waals surface area contributed by atoms with Gasteiger partial charge in [-0.2, -0.15) is 0 Å². The maximum Gasteiger partial charge on any atom is 0.253 e. The average molecular weight is 302 g/mol. The van der Waals surface area contributed by atoms with Crippen LogP contribution < -0.4 is 16.0 Å². The van der Waals surface area contributed by atoms with Gasteiger partial charge < -0.3 is 20.9 Å². The Bertz CT molecular complexity index is 602. The number of fused-ring (bicyclic) bond motifs is 1. The van der Waals surface area contributed by atoms with E-state index in [1.807, 2.05) is 24.1 Å². The molecule has 2 amide bonds. The lowest BCUT2D eigenvalue weighted by Gasteiger charge is -2.31. The number of amides is 2. The van der Waals surface area contributed by atoms with Gasteiger partial charge >= 0.3 is 0 Å². The van der Waals surface area contributed by atoms with Gasteiger partial charge in [0.25, 0.3) is 5.91 Å². The fraction of sp³-hybridized carbons (Fsp3) is 0.500. The topological polar surface area (TPSA) is 78.7 Å². The largest absolute Gasteiger partial charge is 0.372 e. The predicted octanol–water partition coefficient (Wildman–Crippen LogP) is 1.03. The van der Waals surface area contributed by atoms with Gasteiger partial charge in [-0.1, -0.05) is 0 Å². The number of rotatable bonds is 1. The van der Waals surface area contributed by atoms with Crippen LogP contribution in [0.4, 0.5) is 11.4 Å². The number of likely N-dealkylation sites (tertiary alicyclic amines) is 1. The molecule has 0 unspecified atom stereocenters. The molecule has 2 aliphatic heterocycles. The summed E-state index contributed by atoms with van der Waals surface area (Å²) in [6.45, 7) is 2.02. The highest BCUT2D eigenvalue weighted by Crippen LogP contribution is 2.29. The highest BCUT2D eigenvalue weighted by molar-refractivity contribution is 6.00. The number of nitrogens with two attached hydrogens (primary N) is 1. The first-order valence-electron chi connectivity index (χ1n) is 7.74. The molecule has 6 nitrogen and oxygen atoms in total. The number of benzene rings is 1. The van der Waals surface area contributed by atoms with Gasteiger partial charge in [-0.3, -0.25) is 9.59 Å². The van der Waals surface area contributed by atoms with Crippen LogP contribution >= 0.6 is 0 Å². The molecule has 22 heavy (non-hydrogen) atoms. The van der Waals surface area contributed by atoms with Crippen LogP contribution in [0.2, 0.25) is 0 Å². The van der Waals surface area contributed by atoms with E-state index in [2.05, 4.69) is 5.32 Å². The SMILES string of the molecule is CN1CCC(=O)Nc2cc(C(=O)N3CCC[C@@H](N)C3)ccc21. The third kappa shape index (κ3) is 2.92. The van der Waals surface area contributed by atoms with E-state index >= 15 is 0 Å². The van der Waals surface area contributed by atoms with Gasteiger partial charge in [-0.05, 0) is 31.0 Å². The molecule has 2 heterocycles. The average Bonchev–Trinajstić information content (AvgIpc) is 2.65. The summed E-state index contributed by atoms with van der Waals surface area (Å²) in [5.41, 5.74) is 8.20. The smallest absolute Gasteiger partial charge is 0.253 e. The Balaban J connectivity index is 1.86. The number of nitrogens with zero attached hydrogens (tertiary/aromatic N) is 2. The third-order valence-electron chi connectivity index (χ3n) is 4.35. The molecule has 1 aromatic carbocycles. The second-order valence-electron chi connectivity index (χ2n) is 6.11. The first-order chi connectivity index (χ1) is 10.5. The molecule has 1 fully saturated rings. The Morgan fingerprint density at radius 2 is 2.18 bits per heavy atom. The predicted molar refractivity (Wildman–Crippen MR) is 86.1 cm³/mol. The summed E-state index contributed by atoms with van der Waals surface area (Å²) < 4.78 is 0. The number of hydrogen-bond donors (Lipinski definition) is 2. The molecule has 0 spiro atoms. The summed E-state index contributed by atoms with van der Waals surface area (Å²) in [6, 6.07) is 5.56. The minimum atomic E-state index is -0.0183. The molecular weight excluding hydrogens is 280 g/mol. The summed E-state index contributed by atoms with van der Waals surface area (Å²) in [5, 5.41) is 2.88. The van der Waals surface area contributed by atoms with Crippen molar-refractivity contribution in [3.8, 4) is 0 Å². The summed E-state index contributed by atoms with van der Waals surface area (Å²) in [5.74, 6) is -0.0331. The Labute approximate surface area is 130 Å². The van der Waals surface area contributed by atoms with Crippen molar-refractivity contribution in [1.82, 2.24) is 4.90 Å². The summed E-state index contributed by atoms with van der Waals surface area (Å²) in [6.07, 6.45) is 2.36. The molecule has 3 rings (SSSR count). The number of hydrogen-bond acceptors (Lipinski definition) is 4. The van der Waals surface area contributed by atoms with E-state index in [0.29, 0.717) is 30.8 Å². The lowest BCUT2D eigenvalue weighted by atomic mass is 10.0. The van der Waals surface area contributed by atoms with Crippen molar-refractivity contribution >= 4 is 23.2 Å². The third-order valence-corrected chi connectivity index (χ3v) is 4.35. The maximum absolute atomic E-state index is 12.6. The molecular formula is C16H22N4O2. The number of carbonyl (C=O) groups is 2. The van der Waals surface area contributed by atoms with Crippen LogP contribution in [0.3, 0.4) is 0 Å². The van der Waals surface area contributed by atoms with Gasteiger partial charge in [-0.15, -0.1) is 0 Å². The first-order valence-corrected chi connectivity index (χ1v) is 7.74.